The number of hydrogen-bond donors (Lipinski definition) is 0. The van der Waals surface area contributed by atoms with E-state index in [1.807, 2.05) is 19.1 Å². The van der Waals surface area contributed by atoms with Gasteiger partial charge < -0.3 is 14.2 Å². The Kier molecular flexibility index (Phi) is 5.19. The molecule has 1 fully saturated rings. The summed E-state index contributed by atoms with van der Waals surface area (Å²) in [5.74, 6) is -1.16. The molecule has 1 saturated heterocycles. The molecule has 2 heterocycles. The van der Waals surface area contributed by atoms with Crippen molar-refractivity contribution in [3.63, 3.8) is 0 Å². The number of aromatic nitrogens is 2. The second-order valence-corrected chi connectivity index (χ2v) is 7.09. The summed E-state index contributed by atoms with van der Waals surface area (Å²) in [5.41, 5.74) is 2.05. The van der Waals surface area contributed by atoms with E-state index in [1.165, 1.54) is 0 Å². The molecule has 4 rings (SSSR count). The monoisotopic (exact) mass is 417 g/mol. The van der Waals surface area contributed by atoms with Crippen LogP contribution in [0.2, 0.25) is 0 Å². The van der Waals surface area contributed by atoms with Crippen LogP contribution >= 0.6 is 0 Å². The van der Waals surface area contributed by atoms with E-state index >= 15 is 0 Å². The third-order valence-corrected chi connectivity index (χ3v) is 4.79. The fraction of sp³-hybridized carbons (Fsp3) is 0.286. The van der Waals surface area contributed by atoms with Crippen molar-refractivity contribution < 1.29 is 27.2 Å². The molecule has 2 aromatic carbocycles. The molecule has 0 bridgehead atoms. The smallest absolute Gasteiger partial charge is 0.471 e. The van der Waals surface area contributed by atoms with Crippen LogP contribution in [0, 0.1) is 6.92 Å². The molecule has 0 aliphatic carbocycles. The first-order valence-electron chi connectivity index (χ1n) is 9.33. The van der Waals surface area contributed by atoms with Crippen LogP contribution in [0.15, 0.2) is 53.1 Å². The first kappa shape index (κ1) is 19.9. The third kappa shape index (κ3) is 4.29. The minimum absolute atomic E-state index is 0.0543. The topological polar surface area (TPSA) is 68.5 Å². The number of likely N-dealkylation sites (tertiary alicyclic amines) is 1. The Balaban J connectivity index is 1.42. The second kappa shape index (κ2) is 7.81. The normalized spacial score (nSPS) is 16.7. The lowest BCUT2D eigenvalue weighted by molar-refractivity contribution is -0.159. The summed E-state index contributed by atoms with van der Waals surface area (Å²) in [5, 5.41) is 3.39. The van der Waals surface area contributed by atoms with Crippen molar-refractivity contribution in [1.29, 1.82) is 0 Å². The fourth-order valence-electron chi connectivity index (χ4n) is 3.24. The average Bonchev–Trinajstić information content (AvgIpc) is 3.38. The van der Waals surface area contributed by atoms with E-state index in [0.29, 0.717) is 36.4 Å². The number of nitrogens with zero attached hydrogens (tertiary/aromatic N) is 3. The minimum atomic E-state index is -4.70. The molecule has 1 unspecified atom stereocenters. The van der Waals surface area contributed by atoms with Gasteiger partial charge in [0.1, 0.15) is 11.9 Å². The van der Waals surface area contributed by atoms with Crippen LogP contribution < -0.4 is 4.74 Å². The molecular formula is C21H18F3N3O3. The van der Waals surface area contributed by atoms with E-state index in [-0.39, 0.29) is 17.8 Å². The Morgan fingerprint density at radius 3 is 2.67 bits per heavy atom. The summed E-state index contributed by atoms with van der Waals surface area (Å²) >= 11 is 0. The van der Waals surface area contributed by atoms with Gasteiger partial charge in [-0.05, 0) is 31.2 Å². The van der Waals surface area contributed by atoms with Gasteiger partial charge in [-0.3, -0.25) is 4.79 Å². The predicted octanol–water partition coefficient (Wildman–Crippen LogP) is 4.36. The molecule has 1 aliphatic rings. The molecule has 0 saturated carbocycles. The largest absolute Gasteiger partial charge is 0.488 e. The average molecular weight is 417 g/mol. The maximum Gasteiger partial charge on any atom is 0.471 e. The van der Waals surface area contributed by atoms with Gasteiger partial charge in [-0.25, -0.2) is 0 Å². The Bertz CT molecular complexity index is 1050. The lowest BCUT2D eigenvalue weighted by Crippen LogP contribution is -2.30. The highest BCUT2D eigenvalue weighted by Gasteiger charge is 2.38. The van der Waals surface area contributed by atoms with E-state index in [2.05, 4.69) is 14.7 Å². The van der Waals surface area contributed by atoms with E-state index in [9.17, 15) is 18.0 Å². The maximum atomic E-state index is 12.7. The van der Waals surface area contributed by atoms with Crippen LogP contribution in [0.3, 0.4) is 0 Å². The zero-order valence-corrected chi connectivity index (χ0v) is 16.0. The summed E-state index contributed by atoms with van der Waals surface area (Å²) in [7, 11) is 0. The predicted molar refractivity (Wildman–Crippen MR) is 101 cm³/mol. The number of halogens is 3. The molecule has 1 atom stereocenters. The van der Waals surface area contributed by atoms with Gasteiger partial charge in [0.25, 0.3) is 5.91 Å². The molecule has 9 heteroatoms. The molecule has 1 amide bonds. The third-order valence-electron chi connectivity index (χ3n) is 4.79. The quantitative estimate of drug-likeness (QED) is 0.631. The lowest BCUT2D eigenvalue weighted by Gasteiger charge is -2.17. The summed E-state index contributed by atoms with van der Waals surface area (Å²) in [4.78, 5) is 17.7. The van der Waals surface area contributed by atoms with Crippen molar-refractivity contribution >= 4 is 5.91 Å². The van der Waals surface area contributed by atoms with Gasteiger partial charge in [0.15, 0.2) is 0 Å². The van der Waals surface area contributed by atoms with E-state index in [0.717, 1.165) is 5.56 Å². The molecular weight excluding hydrogens is 399 g/mol. The number of hydrogen-bond acceptors (Lipinski definition) is 5. The van der Waals surface area contributed by atoms with Crippen molar-refractivity contribution in [2.75, 3.05) is 13.1 Å². The highest BCUT2D eigenvalue weighted by atomic mass is 19.4. The van der Waals surface area contributed by atoms with Gasteiger partial charge in [0.2, 0.25) is 5.82 Å². The SMILES string of the molecule is Cc1ccc(C(=O)N2CCC(Oc3cccc(-c4noc(C(F)(F)F)n4)c3)C2)cc1. The number of rotatable bonds is 4. The number of alkyl halides is 3. The van der Waals surface area contributed by atoms with Crippen LogP contribution in [0.4, 0.5) is 13.2 Å². The molecule has 0 spiro atoms. The minimum Gasteiger partial charge on any atom is -0.488 e. The first-order chi connectivity index (χ1) is 14.3. The number of amides is 1. The number of aryl methyl sites for hydroxylation is 1. The van der Waals surface area contributed by atoms with Gasteiger partial charge in [-0.1, -0.05) is 35.0 Å². The molecule has 1 aromatic heterocycles. The van der Waals surface area contributed by atoms with Crippen LogP contribution in [-0.4, -0.2) is 40.1 Å². The van der Waals surface area contributed by atoms with Crippen molar-refractivity contribution in [2.24, 2.45) is 0 Å². The summed E-state index contributed by atoms with van der Waals surface area (Å²) in [6, 6.07) is 13.8. The van der Waals surface area contributed by atoms with Crippen molar-refractivity contribution in [3.8, 4) is 17.1 Å². The van der Waals surface area contributed by atoms with Crippen LogP contribution in [0.25, 0.3) is 11.4 Å². The summed E-state index contributed by atoms with van der Waals surface area (Å²) in [6.07, 6.45) is -4.26. The summed E-state index contributed by atoms with van der Waals surface area (Å²) in [6.45, 7) is 2.95. The van der Waals surface area contributed by atoms with E-state index < -0.39 is 12.1 Å². The maximum absolute atomic E-state index is 12.7. The molecule has 6 nitrogen and oxygen atoms in total. The van der Waals surface area contributed by atoms with Crippen LogP contribution in [0.1, 0.15) is 28.2 Å². The molecule has 0 radical (unpaired) electrons. The van der Waals surface area contributed by atoms with Gasteiger partial charge >= 0.3 is 12.1 Å². The second-order valence-electron chi connectivity index (χ2n) is 7.09. The summed E-state index contributed by atoms with van der Waals surface area (Å²) < 4.78 is 48.2. The van der Waals surface area contributed by atoms with E-state index in [1.54, 1.807) is 41.3 Å². The molecule has 156 valence electrons. The Labute approximate surface area is 170 Å². The van der Waals surface area contributed by atoms with E-state index in [4.69, 9.17) is 4.74 Å². The van der Waals surface area contributed by atoms with Crippen molar-refractivity contribution in [3.05, 3.63) is 65.5 Å². The molecule has 30 heavy (non-hydrogen) atoms. The Morgan fingerprint density at radius 2 is 1.97 bits per heavy atom. The van der Waals surface area contributed by atoms with Gasteiger partial charge in [-0.2, -0.15) is 18.2 Å². The number of carbonyl (C=O) groups is 1. The fourth-order valence-corrected chi connectivity index (χ4v) is 3.24. The van der Waals surface area contributed by atoms with Crippen molar-refractivity contribution in [2.45, 2.75) is 25.6 Å². The standard InChI is InChI=1S/C21H18F3N3O3/c1-13-5-7-14(8-6-13)19(28)27-10-9-17(12-27)29-16-4-2-3-15(11-16)18-25-20(30-26-18)21(22,23)24/h2-8,11,17H,9-10,12H2,1H3. The molecule has 0 N–H and O–H groups in total. The Morgan fingerprint density at radius 1 is 1.20 bits per heavy atom. The number of benzene rings is 2. The van der Waals surface area contributed by atoms with Gasteiger partial charge in [-0.15, -0.1) is 0 Å². The zero-order chi connectivity index (χ0) is 21.3. The van der Waals surface area contributed by atoms with Crippen molar-refractivity contribution in [1.82, 2.24) is 15.0 Å². The first-order valence-corrected chi connectivity index (χ1v) is 9.33. The highest BCUT2D eigenvalue weighted by molar-refractivity contribution is 5.94. The number of carbonyl (C=O) groups excluding carboxylic acids is 1. The number of ether oxygens (including phenoxy) is 1. The van der Waals surface area contributed by atoms with Gasteiger partial charge in [0, 0.05) is 24.1 Å². The molecule has 1 aliphatic heterocycles. The lowest BCUT2D eigenvalue weighted by atomic mass is 10.1. The molecule has 3 aromatic rings. The zero-order valence-electron chi connectivity index (χ0n) is 16.0. The highest BCUT2D eigenvalue weighted by Crippen LogP contribution is 2.30. The van der Waals surface area contributed by atoms with Crippen LogP contribution in [0.5, 0.6) is 5.75 Å². The van der Waals surface area contributed by atoms with Gasteiger partial charge in [0.05, 0.1) is 6.54 Å². The Hall–Kier alpha value is -3.36. The van der Waals surface area contributed by atoms with Crippen LogP contribution in [-0.2, 0) is 6.18 Å².